The number of hydrogen-bond donors (Lipinski definition) is 0. The molecule has 2 aromatic rings. The second-order valence-corrected chi connectivity index (χ2v) is 10.4. The van der Waals surface area contributed by atoms with Crippen molar-refractivity contribution in [3.63, 3.8) is 0 Å². The normalized spacial score (nSPS) is 16.4. The smallest absolute Gasteiger partial charge is 0.273 e. The molecule has 0 spiro atoms. The fourth-order valence-electron chi connectivity index (χ4n) is 3.87. The van der Waals surface area contributed by atoms with Crippen LogP contribution in [-0.2, 0) is 14.8 Å². The molecule has 9 nitrogen and oxygen atoms in total. The van der Waals surface area contributed by atoms with E-state index in [-0.39, 0.29) is 32.9 Å². The molecule has 0 aliphatic carbocycles. The average Bonchev–Trinajstić information content (AvgIpc) is 2.77. The maximum absolute atomic E-state index is 13.7. The van der Waals surface area contributed by atoms with Crippen LogP contribution in [0.2, 0.25) is 5.02 Å². The topological polar surface area (TPSA) is 110 Å². The van der Waals surface area contributed by atoms with Crippen LogP contribution < -0.4 is 9.04 Å². The zero-order valence-electron chi connectivity index (χ0n) is 18.7. The molecule has 11 heteroatoms. The molecule has 1 atom stereocenters. The van der Waals surface area contributed by atoms with Crippen molar-refractivity contribution >= 4 is 38.9 Å². The molecule has 1 unspecified atom stereocenters. The van der Waals surface area contributed by atoms with Gasteiger partial charge in [0.1, 0.15) is 12.3 Å². The van der Waals surface area contributed by atoms with Crippen LogP contribution in [0.25, 0.3) is 0 Å². The van der Waals surface area contributed by atoms with Gasteiger partial charge in [-0.2, -0.15) is 0 Å². The van der Waals surface area contributed by atoms with E-state index in [1.54, 1.807) is 11.0 Å². The molecule has 1 saturated heterocycles. The van der Waals surface area contributed by atoms with Crippen molar-refractivity contribution in [1.29, 1.82) is 0 Å². The van der Waals surface area contributed by atoms with E-state index in [1.165, 1.54) is 38.3 Å². The average molecular weight is 496 g/mol. The minimum absolute atomic E-state index is 0.0756. The van der Waals surface area contributed by atoms with E-state index < -0.39 is 21.5 Å². The van der Waals surface area contributed by atoms with E-state index in [4.69, 9.17) is 16.3 Å². The number of amides is 1. The van der Waals surface area contributed by atoms with Gasteiger partial charge in [0.25, 0.3) is 15.7 Å². The number of anilines is 1. The van der Waals surface area contributed by atoms with Crippen LogP contribution in [0.4, 0.5) is 11.4 Å². The molecule has 0 saturated carbocycles. The number of aryl methyl sites for hydroxylation is 1. The predicted molar refractivity (Wildman–Crippen MR) is 125 cm³/mol. The Kier molecular flexibility index (Phi) is 7.48. The van der Waals surface area contributed by atoms with Crippen LogP contribution in [0.3, 0.4) is 0 Å². The van der Waals surface area contributed by atoms with Crippen LogP contribution in [0, 0.1) is 23.0 Å². The molecule has 2 aromatic carbocycles. The molecule has 0 radical (unpaired) electrons. The van der Waals surface area contributed by atoms with Crippen LogP contribution in [-0.4, -0.2) is 50.9 Å². The van der Waals surface area contributed by atoms with Crippen molar-refractivity contribution < 1.29 is 22.9 Å². The van der Waals surface area contributed by atoms with Gasteiger partial charge in [0.05, 0.1) is 22.6 Å². The molecule has 0 N–H and O–H groups in total. The van der Waals surface area contributed by atoms with Crippen molar-refractivity contribution in [2.45, 2.75) is 31.6 Å². The number of hydrogen-bond acceptors (Lipinski definition) is 6. The van der Waals surface area contributed by atoms with Crippen molar-refractivity contribution in [2.24, 2.45) is 5.92 Å². The second kappa shape index (κ2) is 9.96. The number of sulfonamides is 1. The first kappa shape index (κ1) is 24.8. The van der Waals surface area contributed by atoms with Crippen molar-refractivity contribution in [3.05, 3.63) is 57.1 Å². The number of carbonyl (C=O) groups excluding carboxylic acids is 1. The van der Waals surface area contributed by atoms with Gasteiger partial charge in [-0.1, -0.05) is 24.6 Å². The first-order valence-corrected chi connectivity index (χ1v) is 12.3. The third-order valence-electron chi connectivity index (χ3n) is 5.66. The molecule has 1 aliphatic heterocycles. The lowest BCUT2D eigenvalue weighted by Crippen LogP contribution is -2.46. The molecule has 0 aromatic heterocycles. The number of piperidine rings is 1. The summed E-state index contributed by atoms with van der Waals surface area (Å²) in [4.78, 5) is 25.3. The zero-order chi connectivity index (χ0) is 24.3. The molecule has 3 rings (SSSR count). The molecule has 1 amide bonds. The monoisotopic (exact) mass is 495 g/mol. The largest absolute Gasteiger partial charge is 0.495 e. The number of benzene rings is 2. The highest BCUT2D eigenvalue weighted by Crippen LogP contribution is 2.36. The summed E-state index contributed by atoms with van der Waals surface area (Å²) in [6.45, 7) is 4.15. The lowest BCUT2D eigenvalue weighted by molar-refractivity contribution is -0.385. The summed E-state index contributed by atoms with van der Waals surface area (Å²) in [5.41, 5.74) is 0.0705. The summed E-state index contributed by atoms with van der Waals surface area (Å²) < 4.78 is 33.7. The molecule has 1 fully saturated rings. The fraction of sp³-hybridized carbons (Fsp3) is 0.409. The van der Waals surface area contributed by atoms with E-state index in [1.807, 2.05) is 6.92 Å². The minimum Gasteiger partial charge on any atom is -0.495 e. The minimum atomic E-state index is -4.38. The molecule has 1 heterocycles. The Balaban J connectivity index is 2.10. The van der Waals surface area contributed by atoms with Gasteiger partial charge in [0, 0.05) is 29.7 Å². The third-order valence-corrected chi connectivity index (χ3v) is 7.65. The summed E-state index contributed by atoms with van der Waals surface area (Å²) in [5.74, 6) is 0.145. The molecule has 33 heavy (non-hydrogen) atoms. The summed E-state index contributed by atoms with van der Waals surface area (Å²) in [5, 5.41) is 11.6. The first-order chi connectivity index (χ1) is 15.5. The molecule has 1 aliphatic rings. The van der Waals surface area contributed by atoms with E-state index in [2.05, 4.69) is 0 Å². The van der Waals surface area contributed by atoms with Gasteiger partial charge >= 0.3 is 0 Å². The van der Waals surface area contributed by atoms with Gasteiger partial charge < -0.3 is 9.64 Å². The number of methoxy groups -OCH3 is 1. The first-order valence-electron chi connectivity index (χ1n) is 10.4. The zero-order valence-corrected chi connectivity index (χ0v) is 20.2. The number of carbonyl (C=O) groups is 1. The Bertz CT molecular complexity index is 1170. The van der Waals surface area contributed by atoms with Gasteiger partial charge in [-0.25, -0.2) is 8.42 Å². The van der Waals surface area contributed by atoms with Crippen LogP contribution in [0.5, 0.6) is 5.75 Å². The number of ether oxygens (including phenoxy) is 1. The van der Waals surface area contributed by atoms with Crippen molar-refractivity contribution in [3.8, 4) is 5.75 Å². The quantitative estimate of drug-likeness (QED) is 0.424. The molecule has 0 bridgehead atoms. The highest BCUT2D eigenvalue weighted by atomic mass is 35.5. The van der Waals surface area contributed by atoms with Crippen molar-refractivity contribution in [1.82, 2.24) is 4.90 Å². The highest BCUT2D eigenvalue weighted by Gasteiger charge is 2.33. The maximum Gasteiger partial charge on any atom is 0.273 e. The summed E-state index contributed by atoms with van der Waals surface area (Å²) >= 11 is 6.14. The van der Waals surface area contributed by atoms with Gasteiger partial charge in [-0.05, 0) is 49.9 Å². The number of halogens is 1. The molecular formula is C22H26ClN3O6S. The fourth-order valence-corrected chi connectivity index (χ4v) is 5.47. The number of nitro benzene ring substituents is 1. The summed E-state index contributed by atoms with van der Waals surface area (Å²) in [6, 6.07) is 8.10. The summed E-state index contributed by atoms with van der Waals surface area (Å²) in [7, 11) is -3.00. The SMILES string of the molecule is COc1ccc(Cl)cc1N(CC(=O)N1CCCC(C)C1)S(=O)(=O)c1ccc(C)c([N+](=O)[O-])c1. The Morgan fingerprint density at radius 2 is 2.03 bits per heavy atom. The molecular weight excluding hydrogens is 470 g/mol. The lowest BCUT2D eigenvalue weighted by atomic mass is 10.0. The Morgan fingerprint density at radius 1 is 1.30 bits per heavy atom. The predicted octanol–water partition coefficient (Wildman–Crippen LogP) is 4.02. The number of nitrogens with zero attached hydrogens (tertiary/aromatic N) is 3. The van der Waals surface area contributed by atoms with Crippen molar-refractivity contribution in [2.75, 3.05) is 31.0 Å². The van der Waals surface area contributed by atoms with E-state index in [0.717, 1.165) is 23.2 Å². The van der Waals surface area contributed by atoms with Crippen LogP contribution >= 0.6 is 11.6 Å². The Labute approximate surface area is 198 Å². The Morgan fingerprint density at radius 3 is 2.67 bits per heavy atom. The third kappa shape index (κ3) is 5.39. The van der Waals surface area contributed by atoms with E-state index >= 15 is 0 Å². The Hall–Kier alpha value is -2.85. The highest BCUT2D eigenvalue weighted by molar-refractivity contribution is 7.92. The van der Waals surface area contributed by atoms with E-state index in [0.29, 0.717) is 24.6 Å². The number of rotatable bonds is 7. The van der Waals surface area contributed by atoms with Gasteiger partial charge in [-0.15, -0.1) is 0 Å². The maximum atomic E-state index is 13.7. The molecule has 178 valence electrons. The van der Waals surface area contributed by atoms with Gasteiger partial charge in [-0.3, -0.25) is 19.2 Å². The van der Waals surface area contributed by atoms with Gasteiger partial charge in [0.15, 0.2) is 0 Å². The van der Waals surface area contributed by atoms with Crippen LogP contribution in [0.1, 0.15) is 25.3 Å². The summed E-state index contributed by atoms with van der Waals surface area (Å²) in [6.07, 6.45) is 1.84. The standard InChI is InChI=1S/C22H26ClN3O6S/c1-15-5-4-10-24(13-15)22(27)14-25(20-11-17(23)7-9-21(20)32-3)33(30,31)18-8-6-16(2)19(12-18)26(28)29/h6-9,11-12,15H,4-5,10,13-14H2,1-3H3. The number of likely N-dealkylation sites (tertiary alicyclic amines) is 1. The van der Waals surface area contributed by atoms with E-state index in [9.17, 15) is 23.3 Å². The lowest BCUT2D eigenvalue weighted by Gasteiger charge is -2.33. The second-order valence-electron chi connectivity index (χ2n) is 8.12. The van der Waals surface area contributed by atoms with Gasteiger partial charge in [0.2, 0.25) is 5.91 Å². The van der Waals surface area contributed by atoms with Crippen LogP contribution in [0.15, 0.2) is 41.3 Å². The number of nitro groups is 1.